The van der Waals surface area contributed by atoms with E-state index in [4.69, 9.17) is 5.73 Å². The number of hydrogen-bond donors (Lipinski definition) is 2. The molecule has 2 aromatic carbocycles. The van der Waals surface area contributed by atoms with Gasteiger partial charge < -0.3 is 10.8 Å². The molecule has 0 aliphatic carbocycles. The van der Waals surface area contributed by atoms with E-state index < -0.39 is 12.1 Å². The first-order valence-corrected chi connectivity index (χ1v) is 5.90. The second-order valence-corrected chi connectivity index (χ2v) is 4.33. The molecule has 0 bridgehead atoms. The van der Waals surface area contributed by atoms with Crippen LogP contribution in [0, 0.1) is 5.82 Å². The van der Waals surface area contributed by atoms with Crippen molar-refractivity contribution in [2.45, 2.75) is 18.6 Å². The molecule has 2 atom stereocenters. The third kappa shape index (κ3) is 3.15. The van der Waals surface area contributed by atoms with Crippen molar-refractivity contribution >= 4 is 0 Å². The molecule has 18 heavy (non-hydrogen) atoms. The second-order valence-electron chi connectivity index (χ2n) is 4.33. The van der Waals surface area contributed by atoms with Crippen LogP contribution in [0.2, 0.25) is 0 Å². The normalized spacial score (nSPS) is 14.2. The number of hydrogen-bond acceptors (Lipinski definition) is 2. The Kier molecular flexibility index (Phi) is 4.07. The van der Waals surface area contributed by atoms with Gasteiger partial charge in [0.1, 0.15) is 5.82 Å². The molecule has 0 spiro atoms. The standard InChI is InChI=1S/C15H16FNO/c16-13-8-6-12(7-9-13)15(17)14(18)10-11-4-2-1-3-5-11/h1-9,14-15,18H,10,17H2/t14-,15+/m1/s1. The molecule has 0 heterocycles. The molecule has 3 heteroatoms. The lowest BCUT2D eigenvalue weighted by Crippen LogP contribution is -2.28. The summed E-state index contributed by atoms with van der Waals surface area (Å²) >= 11 is 0. The number of aliphatic hydroxyl groups is 1. The minimum Gasteiger partial charge on any atom is -0.391 e. The van der Waals surface area contributed by atoms with Crippen LogP contribution in [0.1, 0.15) is 17.2 Å². The fraction of sp³-hybridized carbons (Fsp3) is 0.200. The molecule has 0 aromatic heterocycles. The average molecular weight is 245 g/mol. The lowest BCUT2D eigenvalue weighted by molar-refractivity contribution is 0.145. The predicted octanol–water partition coefficient (Wildman–Crippen LogP) is 2.43. The Morgan fingerprint density at radius 3 is 2.22 bits per heavy atom. The van der Waals surface area contributed by atoms with E-state index in [-0.39, 0.29) is 5.82 Å². The topological polar surface area (TPSA) is 46.2 Å². The predicted molar refractivity (Wildman–Crippen MR) is 69.5 cm³/mol. The highest BCUT2D eigenvalue weighted by molar-refractivity contribution is 5.22. The van der Waals surface area contributed by atoms with Crippen molar-refractivity contribution in [1.29, 1.82) is 0 Å². The molecular weight excluding hydrogens is 229 g/mol. The molecule has 0 fully saturated rings. The Labute approximate surface area is 106 Å². The fourth-order valence-corrected chi connectivity index (χ4v) is 1.89. The molecule has 0 saturated heterocycles. The van der Waals surface area contributed by atoms with Crippen LogP contribution in [0.4, 0.5) is 4.39 Å². The molecule has 0 amide bonds. The van der Waals surface area contributed by atoms with Crippen molar-refractivity contribution in [2.75, 3.05) is 0 Å². The van der Waals surface area contributed by atoms with Crippen molar-refractivity contribution in [3.8, 4) is 0 Å². The molecule has 0 aliphatic rings. The molecule has 0 radical (unpaired) electrons. The zero-order valence-corrected chi connectivity index (χ0v) is 9.96. The van der Waals surface area contributed by atoms with Gasteiger partial charge in [-0.05, 0) is 23.3 Å². The van der Waals surface area contributed by atoms with Crippen molar-refractivity contribution in [2.24, 2.45) is 5.73 Å². The first kappa shape index (κ1) is 12.7. The molecule has 94 valence electrons. The maximum absolute atomic E-state index is 12.8. The summed E-state index contributed by atoms with van der Waals surface area (Å²) in [5.74, 6) is -0.302. The molecule has 2 aromatic rings. The van der Waals surface area contributed by atoms with Gasteiger partial charge in [0.05, 0.1) is 12.1 Å². The molecule has 3 N–H and O–H groups in total. The number of rotatable bonds is 4. The third-order valence-electron chi connectivity index (χ3n) is 2.96. The molecule has 0 saturated carbocycles. The zero-order valence-electron chi connectivity index (χ0n) is 9.96. The van der Waals surface area contributed by atoms with Crippen molar-refractivity contribution < 1.29 is 9.50 Å². The maximum Gasteiger partial charge on any atom is 0.123 e. The summed E-state index contributed by atoms with van der Waals surface area (Å²) in [5.41, 5.74) is 7.73. The van der Waals surface area contributed by atoms with Crippen LogP contribution < -0.4 is 5.73 Å². The van der Waals surface area contributed by atoms with E-state index >= 15 is 0 Å². The number of benzene rings is 2. The van der Waals surface area contributed by atoms with Crippen LogP contribution in [0.3, 0.4) is 0 Å². The van der Waals surface area contributed by atoms with Gasteiger partial charge in [-0.3, -0.25) is 0 Å². The van der Waals surface area contributed by atoms with Crippen molar-refractivity contribution in [3.63, 3.8) is 0 Å². The summed E-state index contributed by atoms with van der Waals surface area (Å²) in [6, 6.07) is 15.1. The van der Waals surface area contributed by atoms with Gasteiger partial charge >= 0.3 is 0 Å². The smallest absolute Gasteiger partial charge is 0.123 e. The fourth-order valence-electron chi connectivity index (χ4n) is 1.89. The van der Waals surface area contributed by atoms with Crippen LogP contribution >= 0.6 is 0 Å². The number of nitrogens with two attached hydrogens (primary N) is 1. The van der Waals surface area contributed by atoms with Gasteiger partial charge in [0.25, 0.3) is 0 Å². The molecule has 0 aliphatic heterocycles. The Hall–Kier alpha value is -1.71. The van der Waals surface area contributed by atoms with Crippen molar-refractivity contribution in [1.82, 2.24) is 0 Å². The summed E-state index contributed by atoms with van der Waals surface area (Å²) in [6.07, 6.45) is -0.197. The number of aliphatic hydroxyl groups excluding tert-OH is 1. The van der Waals surface area contributed by atoms with E-state index in [1.54, 1.807) is 12.1 Å². The van der Waals surface area contributed by atoms with E-state index in [0.717, 1.165) is 11.1 Å². The van der Waals surface area contributed by atoms with E-state index in [1.807, 2.05) is 30.3 Å². The molecule has 2 rings (SSSR count). The Balaban J connectivity index is 2.05. The lowest BCUT2D eigenvalue weighted by atomic mass is 9.97. The zero-order chi connectivity index (χ0) is 13.0. The summed E-state index contributed by atoms with van der Waals surface area (Å²) in [6.45, 7) is 0. The Morgan fingerprint density at radius 1 is 1.00 bits per heavy atom. The van der Waals surface area contributed by atoms with Gasteiger partial charge in [-0.1, -0.05) is 42.5 Å². The van der Waals surface area contributed by atoms with E-state index in [9.17, 15) is 9.50 Å². The van der Waals surface area contributed by atoms with Crippen LogP contribution in [-0.4, -0.2) is 11.2 Å². The van der Waals surface area contributed by atoms with Gasteiger partial charge in [0.2, 0.25) is 0 Å². The molecule has 0 unspecified atom stereocenters. The highest BCUT2D eigenvalue weighted by Crippen LogP contribution is 2.17. The largest absolute Gasteiger partial charge is 0.391 e. The Bertz CT molecular complexity index is 484. The van der Waals surface area contributed by atoms with Crippen LogP contribution in [0.15, 0.2) is 54.6 Å². The monoisotopic (exact) mass is 245 g/mol. The molecular formula is C15H16FNO. The maximum atomic E-state index is 12.8. The van der Waals surface area contributed by atoms with Gasteiger partial charge in [-0.15, -0.1) is 0 Å². The highest BCUT2D eigenvalue weighted by Gasteiger charge is 2.17. The summed E-state index contributed by atoms with van der Waals surface area (Å²) in [4.78, 5) is 0. The average Bonchev–Trinajstić information content (AvgIpc) is 2.40. The van der Waals surface area contributed by atoms with Gasteiger partial charge in [0, 0.05) is 6.42 Å². The second kappa shape index (κ2) is 5.76. The Morgan fingerprint density at radius 2 is 1.61 bits per heavy atom. The van der Waals surface area contributed by atoms with E-state index in [0.29, 0.717) is 6.42 Å². The minimum atomic E-state index is -0.683. The van der Waals surface area contributed by atoms with Gasteiger partial charge in [-0.2, -0.15) is 0 Å². The van der Waals surface area contributed by atoms with E-state index in [2.05, 4.69) is 0 Å². The SMILES string of the molecule is N[C@@H](c1ccc(F)cc1)[C@H](O)Cc1ccccc1. The van der Waals surface area contributed by atoms with Crippen LogP contribution in [0.25, 0.3) is 0 Å². The summed E-state index contributed by atoms with van der Waals surface area (Å²) in [5, 5.41) is 10.1. The van der Waals surface area contributed by atoms with E-state index in [1.165, 1.54) is 12.1 Å². The lowest BCUT2D eigenvalue weighted by Gasteiger charge is -2.19. The molecule has 2 nitrogen and oxygen atoms in total. The summed E-state index contributed by atoms with van der Waals surface area (Å²) < 4.78 is 12.8. The van der Waals surface area contributed by atoms with Crippen LogP contribution in [-0.2, 0) is 6.42 Å². The first-order chi connectivity index (χ1) is 8.66. The number of halogens is 1. The third-order valence-corrected chi connectivity index (χ3v) is 2.96. The quantitative estimate of drug-likeness (QED) is 0.869. The highest BCUT2D eigenvalue weighted by atomic mass is 19.1. The minimum absolute atomic E-state index is 0.302. The van der Waals surface area contributed by atoms with Crippen LogP contribution in [0.5, 0.6) is 0 Å². The van der Waals surface area contributed by atoms with Gasteiger partial charge in [0.15, 0.2) is 0 Å². The van der Waals surface area contributed by atoms with Crippen molar-refractivity contribution in [3.05, 3.63) is 71.5 Å². The summed E-state index contributed by atoms with van der Waals surface area (Å²) in [7, 11) is 0. The first-order valence-electron chi connectivity index (χ1n) is 5.90. The van der Waals surface area contributed by atoms with Gasteiger partial charge in [-0.25, -0.2) is 4.39 Å².